The number of allylic oxidation sites excluding steroid dienone is 4. The van der Waals surface area contributed by atoms with Crippen LogP contribution in [0.5, 0.6) is 0 Å². The van der Waals surface area contributed by atoms with Crippen LogP contribution in [0.15, 0.2) is 24.3 Å². The Morgan fingerprint density at radius 1 is 0.287 bits per heavy atom. The Labute approximate surface area is 590 Å². The van der Waals surface area contributed by atoms with Gasteiger partial charge in [-0.3, -0.25) is 9.59 Å². The zero-order valence-electron chi connectivity index (χ0n) is 64.2. The van der Waals surface area contributed by atoms with Crippen molar-refractivity contribution in [2.75, 3.05) is 13.2 Å². The Bertz CT molecular complexity index is 1480. The van der Waals surface area contributed by atoms with Crippen LogP contribution in [-0.4, -0.2) is 47.4 Å². The molecule has 0 aliphatic carbocycles. The second-order valence-corrected chi connectivity index (χ2v) is 30.2. The minimum atomic E-state index is -0.663. The average Bonchev–Trinajstić information content (AvgIpc) is 3.72. The number of hydrogen-bond donors (Lipinski definition) is 3. The van der Waals surface area contributed by atoms with E-state index in [2.05, 4.69) is 43.5 Å². The van der Waals surface area contributed by atoms with Crippen LogP contribution in [-0.2, 0) is 14.3 Å². The van der Waals surface area contributed by atoms with Crippen LogP contribution >= 0.6 is 0 Å². The third-order valence-electron chi connectivity index (χ3n) is 20.7. The fourth-order valence-corrected chi connectivity index (χ4v) is 14.1. The molecular formula is C88H171NO5. The smallest absolute Gasteiger partial charge is 0.305 e. The second-order valence-electron chi connectivity index (χ2n) is 30.2. The number of hydrogen-bond acceptors (Lipinski definition) is 5. The van der Waals surface area contributed by atoms with Crippen molar-refractivity contribution in [1.82, 2.24) is 5.32 Å². The van der Waals surface area contributed by atoms with Crippen LogP contribution in [0.4, 0.5) is 0 Å². The van der Waals surface area contributed by atoms with Crippen molar-refractivity contribution in [1.29, 1.82) is 0 Å². The van der Waals surface area contributed by atoms with Crippen LogP contribution in [0, 0.1) is 0 Å². The molecular weight excluding hydrogens is 1150 g/mol. The fraction of sp³-hybridized carbons (Fsp3) is 0.932. The van der Waals surface area contributed by atoms with Gasteiger partial charge >= 0.3 is 5.97 Å². The Hall–Kier alpha value is -1.66. The number of rotatable bonds is 83. The van der Waals surface area contributed by atoms with Crippen molar-refractivity contribution in [2.24, 2.45) is 0 Å². The maximum Gasteiger partial charge on any atom is 0.305 e. The number of ether oxygens (including phenoxy) is 1. The third kappa shape index (κ3) is 79.3. The molecule has 0 aromatic heterocycles. The topological polar surface area (TPSA) is 95.9 Å². The molecule has 6 heteroatoms. The van der Waals surface area contributed by atoms with Crippen LogP contribution in [0.25, 0.3) is 0 Å². The van der Waals surface area contributed by atoms with Gasteiger partial charge < -0.3 is 20.3 Å². The van der Waals surface area contributed by atoms with Crippen LogP contribution in [0.3, 0.4) is 0 Å². The first kappa shape index (κ1) is 92.3. The quantitative estimate of drug-likeness (QED) is 0.0320. The van der Waals surface area contributed by atoms with Gasteiger partial charge in [0.05, 0.1) is 25.4 Å². The van der Waals surface area contributed by atoms with Gasteiger partial charge in [-0.15, -0.1) is 0 Å². The summed E-state index contributed by atoms with van der Waals surface area (Å²) in [5.41, 5.74) is 0. The highest BCUT2D eigenvalue weighted by molar-refractivity contribution is 5.76. The van der Waals surface area contributed by atoms with E-state index in [9.17, 15) is 19.8 Å². The highest BCUT2D eigenvalue weighted by atomic mass is 16.5. The average molecular weight is 1320 g/mol. The van der Waals surface area contributed by atoms with E-state index in [0.717, 1.165) is 44.9 Å². The highest BCUT2D eigenvalue weighted by Gasteiger charge is 2.20. The largest absolute Gasteiger partial charge is 0.466 e. The summed E-state index contributed by atoms with van der Waals surface area (Å²) in [6, 6.07) is -0.540. The lowest BCUT2D eigenvalue weighted by atomic mass is 10.0. The van der Waals surface area contributed by atoms with Gasteiger partial charge in [0, 0.05) is 12.8 Å². The van der Waals surface area contributed by atoms with Gasteiger partial charge in [-0.2, -0.15) is 0 Å². The molecule has 94 heavy (non-hydrogen) atoms. The summed E-state index contributed by atoms with van der Waals surface area (Å²) in [6.45, 7) is 5.00. The van der Waals surface area contributed by atoms with Crippen LogP contribution < -0.4 is 5.32 Å². The first-order valence-electron chi connectivity index (χ1n) is 43.6. The summed E-state index contributed by atoms with van der Waals surface area (Å²) in [5, 5.41) is 23.5. The molecule has 2 unspecified atom stereocenters. The Kier molecular flexibility index (Phi) is 82.3. The molecule has 0 aromatic rings. The molecule has 0 bridgehead atoms. The van der Waals surface area contributed by atoms with Crippen molar-refractivity contribution in [3.63, 3.8) is 0 Å². The number of carbonyl (C=O) groups excluding carboxylic acids is 2. The SMILES string of the molecule is CCCCCC/C=C\CCCCCCCC(=O)OCCCCCCCCCCCCCCCCCCCC/C=C\CCCCCCCCCCCCCCCCCCCC(=O)NC(CO)C(O)CCCCCCCCCCCCCCCCCCCCCCCCCCC. The molecule has 0 rings (SSSR count). The molecule has 0 saturated heterocycles. The molecule has 3 N–H and O–H groups in total. The minimum Gasteiger partial charge on any atom is -0.466 e. The molecule has 0 aliphatic rings. The highest BCUT2D eigenvalue weighted by Crippen LogP contribution is 2.21. The summed E-state index contributed by atoms with van der Waals surface area (Å²) in [5.74, 6) is -0.00989. The van der Waals surface area contributed by atoms with Gasteiger partial charge in [-0.05, 0) is 77.0 Å². The lowest BCUT2D eigenvalue weighted by molar-refractivity contribution is -0.143. The molecule has 6 nitrogen and oxygen atoms in total. The predicted molar refractivity (Wildman–Crippen MR) is 417 cm³/mol. The van der Waals surface area contributed by atoms with Crippen molar-refractivity contribution in [3.8, 4) is 0 Å². The first-order chi connectivity index (χ1) is 46.5. The number of amides is 1. The number of carbonyl (C=O) groups is 2. The number of aliphatic hydroxyl groups excluding tert-OH is 2. The van der Waals surface area contributed by atoms with Crippen LogP contribution in [0.1, 0.15) is 502 Å². The molecule has 0 radical (unpaired) electrons. The summed E-state index contributed by atoms with van der Waals surface area (Å²) >= 11 is 0. The fourth-order valence-electron chi connectivity index (χ4n) is 14.1. The van der Waals surface area contributed by atoms with E-state index in [1.807, 2.05) is 0 Å². The number of nitrogens with one attached hydrogen (secondary N) is 1. The van der Waals surface area contributed by atoms with E-state index in [1.54, 1.807) is 0 Å². The monoisotopic (exact) mass is 1320 g/mol. The molecule has 0 spiro atoms. The molecule has 0 aliphatic heterocycles. The molecule has 0 fully saturated rings. The molecule has 2 atom stereocenters. The van der Waals surface area contributed by atoms with Crippen molar-refractivity contribution < 1.29 is 24.5 Å². The van der Waals surface area contributed by atoms with Crippen molar-refractivity contribution in [3.05, 3.63) is 24.3 Å². The molecule has 0 aromatic carbocycles. The lowest BCUT2D eigenvalue weighted by Crippen LogP contribution is -2.45. The van der Waals surface area contributed by atoms with Crippen molar-refractivity contribution >= 4 is 11.9 Å². The van der Waals surface area contributed by atoms with E-state index >= 15 is 0 Å². The zero-order chi connectivity index (χ0) is 67.7. The van der Waals surface area contributed by atoms with Gasteiger partial charge in [0.15, 0.2) is 0 Å². The maximum absolute atomic E-state index is 12.6. The van der Waals surface area contributed by atoms with E-state index in [1.165, 1.54) is 424 Å². The predicted octanol–water partition coefficient (Wildman–Crippen LogP) is 29.2. The zero-order valence-corrected chi connectivity index (χ0v) is 64.2. The summed E-state index contributed by atoms with van der Waals surface area (Å²) in [7, 11) is 0. The Morgan fingerprint density at radius 3 is 0.766 bits per heavy atom. The summed E-state index contributed by atoms with van der Waals surface area (Å²) in [4.78, 5) is 24.7. The standard InChI is InChI=1S/C88H171NO5/c1-3-5-7-9-11-13-15-17-18-19-20-21-22-38-41-44-47-50-53-57-60-64-68-72-76-80-86(91)85(84-90)89-87(92)81-77-73-69-65-61-58-54-51-48-45-42-39-36-34-32-30-28-26-24-23-25-27-29-31-33-35-37-40-43-46-49-52-55-59-63-67-71-75-79-83-94-88(93)82-78-74-70-66-62-56-16-14-12-10-8-6-4-2/h14,16,23-24,85-86,90-91H,3-13,15,17-22,25-84H2,1-2H3,(H,89,92)/b16-14-,24-23-. The van der Waals surface area contributed by atoms with Gasteiger partial charge in [0.1, 0.15) is 0 Å². The second kappa shape index (κ2) is 83.8. The molecule has 0 saturated carbocycles. The Balaban J connectivity index is 3.33. The molecule has 1 amide bonds. The third-order valence-corrected chi connectivity index (χ3v) is 20.7. The Morgan fingerprint density at radius 2 is 0.500 bits per heavy atom. The van der Waals surface area contributed by atoms with Gasteiger partial charge in [-0.1, -0.05) is 436 Å². The van der Waals surface area contributed by atoms with Crippen molar-refractivity contribution in [2.45, 2.75) is 514 Å². The van der Waals surface area contributed by atoms with E-state index in [4.69, 9.17) is 4.74 Å². The summed E-state index contributed by atoms with van der Waals surface area (Å²) < 4.78 is 5.49. The van der Waals surface area contributed by atoms with E-state index in [-0.39, 0.29) is 18.5 Å². The van der Waals surface area contributed by atoms with Gasteiger partial charge in [0.25, 0.3) is 0 Å². The maximum atomic E-state index is 12.6. The summed E-state index contributed by atoms with van der Waals surface area (Å²) in [6.07, 6.45) is 109. The lowest BCUT2D eigenvalue weighted by Gasteiger charge is -2.22. The minimum absolute atomic E-state index is 0.0142. The number of esters is 1. The molecule has 558 valence electrons. The van der Waals surface area contributed by atoms with Gasteiger partial charge in [-0.25, -0.2) is 0 Å². The van der Waals surface area contributed by atoms with Crippen LogP contribution in [0.2, 0.25) is 0 Å². The van der Waals surface area contributed by atoms with E-state index in [0.29, 0.717) is 25.9 Å². The normalized spacial score (nSPS) is 12.5. The number of unbranched alkanes of at least 4 members (excludes halogenated alkanes) is 68. The first-order valence-corrected chi connectivity index (χ1v) is 43.6. The molecule has 0 heterocycles. The van der Waals surface area contributed by atoms with E-state index < -0.39 is 12.1 Å². The number of aliphatic hydroxyl groups is 2. The van der Waals surface area contributed by atoms with Gasteiger partial charge in [0.2, 0.25) is 5.91 Å².